The van der Waals surface area contributed by atoms with Crippen LogP contribution in [-0.2, 0) is 0 Å². The zero-order valence-electron chi connectivity index (χ0n) is 14.6. The van der Waals surface area contributed by atoms with Crippen molar-refractivity contribution in [1.29, 1.82) is 0 Å². The van der Waals surface area contributed by atoms with Crippen molar-refractivity contribution in [2.75, 3.05) is 26.2 Å². The Bertz CT molecular complexity index is 398. The van der Waals surface area contributed by atoms with Crippen molar-refractivity contribution in [3.63, 3.8) is 0 Å². The number of hydrogen-bond acceptors (Lipinski definition) is 4. The highest BCUT2D eigenvalue weighted by molar-refractivity contribution is 5.76. The summed E-state index contributed by atoms with van der Waals surface area (Å²) in [5, 5.41) is 0. The van der Waals surface area contributed by atoms with Crippen LogP contribution in [0.5, 0.6) is 0 Å². The Hall–Kier alpha value is -2.92. The van der Waals surface area contributed by atoms with Crippen molar-refractivity contribution < 1.29 is 0 Å². The molecular weight excluding hydrogens is 324 g/mol. The van der Waals surface area contributed by atoms with Gasteiger partial charge in [-0.05, 0) is 31.1 Å². The quantitative estimate of drug-likeness (QED) is 0.129. The number of guanidine groups is 4. The fourth-order valence-corrected chi connectivity index (χ4v) is 2.44. The Balaban J connectivity index is 5.24. The molecule has 0 heterocycles. The normalized spacial score (nSPS) is 10.6. The molecule has 0 rings (SSSR count). The van der Waals surface area contributed by atoms with Crippen molar-refractivity contribution in [1.82, 2.24) is 0 Å². The van der Waals surface area contributed by atoms with Crippen LogP contribution in [0.25, 0.3) is 0 Å². The van der Waals surface area contributed by atoms with Crippen molar-refractivity contribution in [3.8, 4) is 0 Å². The molecule has 0 radical (unpaired) electrons. The summed E-state index contributed by atoms with van der Waals surface area (Å²) in [5.74, 6) is 0.135. The first-order valence-electron chi connectivity index (χ1n) is 7.88. The molecule has 0 atom stereocenters. The molecule has 0 saturated carbocycles. The van der Waals surface area contributed by atoms with E-state index in [2.05, 4.69) is 20.0 Å². The van der Waals surface area contributed by atoms with Gasteiger partial charge in [0.15, 0.2) is 23.8 Å². The van der Waals surface area contributed by atoms with E-state index in [0.29, 0.717) is 51.9 Å². The average molecular weight is 356 g/mol. The van der Waals surface area contributed by atoms with Gasteiger partial charge in [0.1, 0.15) is 0 Å². The van der Waals surface area contributed by atoms with E-state index in [9.17, 15) is 0 Å². The van der Waals surface area contributed by atoms with Crippen LogP contribution in [0.3, 0.4) is 0 Å². The van der Waals surface area contributed by atoms with Crippen molar-refractivity contribution >= 4 is 23.8 Å². The second-order valence-corrected chi connectivity index (χ2v) is 5.73. The third kappa shape index (κ3) is 12.2. The first kappa shape index (κ1) is 22.1. The zero-order chi connectivity index (χ0) is 19.3. The van der Waals surface area contributed by atoms with E-state index in [4.69, 9.17) is 45.9 Å². The average Bonchev–Trinajstić information content (AvgIpc) is 2.45. The summed E-state index contributed by atoms with van der Waals surface area (Å²) in [6.45, 7) is 1.81. The van der Waals surface area contributed by atoms with Gasteiger partial charge in [-0.15, -0.1) is 0 Å². The largest absolute Gasteiger partial charge is 0.370 e. The minimum atomic E-state index is -0.226. The maximum Gasteiger partial charge on any atom is 0.185 e. The molecule has 0 saturated heterocycles. The summed E-state index contributed by atoms with van der Waals surface area (Å²) in [4.78, 5) is 16.2. The van der Waals surface area contributed by atoms with Crippen LogP contribution < -0.4 is 45.9 Å². The number of nitrogens with zero attached hydrogens (tertiary/aromatic N) is 4. The molecule has 16 N–H and O–H groups in total. The van der Waals surface area contributed by atoms with E-state index in [1.54, 1.807) is 0 Å². The molecule has 25 heavy (non-hydrogen) atoms. The highest BCUT2D eigenvalue weighted by Gasteiger charge is 2.29. The first-order chi connectivity index (χ1) is 11.7. The van der Waals surface area contributed by atoms with Gasteiger partial charge in [-0.1, -0.05) is 0 Å². The lowest BCUT2D eigenvalue weighted by molar-refractivity contribution is 0.216. The summed E-state index contributed by atoms with van der Waals surface area (Å²) >= 11 is 0. The van der Waals surface area contributed by atoms with E-state index < -0.39 is 0 Å². The molecule has 0 fully saturated rings. The number of hydrogen-bond donors (Lipinski definition) is 8. The molecule has 12 heteroatoms. The Morgan fingerprint density at radius 3 is 0.800 bits per heavy atom. The third-order valence-corrected chi connectivity index (χ3v) is 3.75. The fraction of sp³-hybridized carbons (Fsp3) is 0.692. The fourth-order valence-electron chi connectivity index (χ4n) is 2.44. The van der Waals surface area contributed by atoms with Crippen LogP contribution in [0.15, 0.2) is 20.0 Å². The molecule has 144 valence electrons. The Morgan fingerprint density at radius 2 is 0.640 bits per heavy atom. The van der Waals surface area contributed by atoms with E-state index in [1.165, 1.54) is 0 Å². The predicted molar refractivity (Wildman–Crippen MR) is 104 cm³/mol. The molecule has 0 aliphatic heterocycles. The lowest BCUT2D eigenvalue weighted by Gasteiger charge is -2.32. The lowest BCUT2D eigenvalue weighted by atomic mass is 9.75. The van der Waals surface area contributed by atoms with Gasteiger partial charge >= 0.3 is 0 Å². The smallest absolute Gasteiger partial charge is 0.185 e. The Morgan fingerprint density at radius 1 is 0.440 bits per heavy atom. The van der Waals surface area contributed by atoms with Gasteiger partial charge in [0.25, 0.3) is 0 Å². The van der Waals surface area contributed by atoms with E-state index in [-0.39, 0.29) is 29.3 Å². The second kappa shape index (κ2) is 11.6. The highest BCUT2D eigenvalue weighted by Crippen LogP contribution is 2.35. The van der Waals surface area contributed by atoms with Gasteiger partial charge in [0.2, 0.25) is 0 Å². The summed E-state index contributed by atoms with van der Waals surface area (Å²) < 4.78 is 0. The van der Waals surface area contributed by atoms with Gasteiger partial charge in [0, 0.05) is 26.2 Å². The number of rotatable bonds is 12. The van der Waals surface area contributed by atoms with Crippen LogP contribution in [0.1, 0.15) is 25.7 Å². The maximum absolute atomic E-state index is 5.40. The van der Waals surface area contributed by atoms with E-state index in [1.807, 2.05) is 0 Å². The molecule has 0 aromatic rings. The lowest BCUT2D eigenvalue weighted by Crippen LogP contribution is -2.30. The summed E-state index contributed by atoms with van der Waals surface area (Å²) in [5.41, 5.74) is 43.0. The topological polar surface area (TPSA) is 258 Å². The molecular formula is C13H32N12. The summed E-state index contributed by atoms with van der Waals surface area (Å²) in [7, 11) is 0. The van der Waals surface area contributed by atoms with Crippen LogP contribution >= 0.6 is 0 Å². The number of nitrogens with two attached hydrogens (primary N) is 8. The van der Waals surface area contributed by atoms with Gasteiger partial charge < -0.3 is 45.9 Å². The molecule has 0 aliphatic rings. The summed E-state index contributed by atoms with van der Waals surface area (Å²) in [6.07, 6.45) is 2.74. The van der Waals surface area contributed by atoms with E-state index >= 15 is 0 Å². The second-order valence-electron chi connectivity index (χ2n) is 5.73. The van der Waals surface area contributed by atoms with Crippen molar-refractivity contribution in [3.05, 3.63) is 0 Å². The molecule has 0 aromatic heterocycles. The highest BCUT2D eigenvalue weighted by atomic mass is 15.0. The Labute approximate surface area is 147 Å². The van der Waals surface area contributed by atoms with Crippen LogP contribution in [0, 0.1) is 5.41 Å². The standard InChI is InChI=1S/C13H32N12/c14-9(15)22-5-1-13(2-6-23-10(16)17,3-7-24-11(18)19)4-8-25-12(20)21/h1-8H2,(H4,14,15,22)(H4,16,17,23)(H4,18,19,24)(H4,20,21,25). The minimum Gasteiger partial charge on any atom is -0.370 e. The van der Waals surface area contributed by atoms with Gasteiger partial charge in [-0.25, -0.2) is 0 Å². The molecule has 0 bridgehead atoms. The Kier molecular flexibility index (Phi) is 10.2. The monoisotopic (exact) mass is 356 g/mol. The van der Waals surface area contributed by atoms with Crippen LogP contribution in [-0.4, -0.2) is 50.0 Å². The predicted octanol–water partition coefficient (Wildman–Crippen LogP) is -3.37. The summed E-state index contributed by atoms with van der Waals surface area (Å²) in [6, 6.07) is 0. The molecule has 0 spiro atoms. The zero-order valence-corrected chi connectivity index (χ0v) is 14.6. The molecule has 0 aromatic carbocycles. The van der Waals surface area contributed by atoms with Gasteiger partial charge in [-0.2, -0.15) is 0 Å². The van der Waals surface area contributed by atoms with Gasteiger partial charge in [-0.3, -0.25) is 20.0 Å². The first-order valence-corrected chi connectivity index (χ1v) is 7.88. The molecule has 0 unspecified atom stereocenters. The SMILES string of the molecule is NC(N)=NCCC(CCN=C(N)N)(CCN=C(N)N)CCN=C(N)N. The third-order valence-electron chi connectivity index (χ3n) is 3.75. The van der Waals surface area contributed by atoms with Crippen molar-refractivity contribution in [2.45, 2.75) is 25.7 Å². The van der Waals surface area contributed by atoms with Crippen molar-refractivity contribution in [2.24, 2.45) is 71.3 Å². The van der Waals surface area contributed by atoms with Gasteiger partial charge in [0.05, 0.1) is 0 Å². The molecule has 0 aliphatic carbocycles. The van der Waals surface area contributed by atoms with E-state index in [0.717, 1.165) is 0 Å². The molecule has 12 nitrogen and oxygen atoms in total. The maximum atomic E-state index is 5.40. The van der Waals surface area contributed by atoms with Crippen LogP contribution in [0.2, 0.25) is 0 Å². The minimum absolute atomic E-state index is 0.0339. The van der Waals surface area contributed by atoms with Crippen LogP contribution in [0.4, 0.5) is 0 Å². The number of aliphatic imine (C=N–C) groups is 4. The molecule has 0 amide bonds.